The van der Waals surface area contributed by atoms with E-state index in [1.807, 2.05) is 37.3 Å². The number of alkyl halides is 1. The van der Waals surface area contributed by atoms with Gasteiger partial charge in [0.05, 0.1) is 23.0 Å². The first-order valence-electron chi connectivity index (χ1n) is 23.5. The van der Waals surface area contributed by atoms with E-state index in [9.17, 15) is 14.4 Å². The van der Waals surface area contributed by atoms with Crippen molar-refractivity contribution >= 4 is 125 Å². The molecule has 0 saturated heterocycles. The number of benzene rings is 6. The first kappa shape index (κ1) is 47.5. The zero-order valence-electron chi connectivity index (χ0n) is 39.6. The van der Waals surface area contributed by atoms with Gasteiger partial charge in [-0.3, -0.25) is 14.4 Å². The van der Waals surface area contributed by atoms with Crippen molar-refractivity contribution in [3.63, 3.8) is 0 Å². The number of hydrogen-bond acceptors (Lipinski definition) is 9. The third kappa shape index (κ3) is 8.76. The summed E-state index contributed by atoms with van der Waals surface area (Å²) < 4.78 is 5.11. The lowest BCUT2D eigenvalue weighted by Gasteiger charge is -2.06. The van der Waals surface area contributed by atoms with Gasteiger partial charge in [0.25, 0.3) is 17.7 Å². The average molecular weight is 1000 g/mol. The van der Waals surface area contributed by atoms with E-state index in [4.69, 9.17) is 27.4 Å². The first-order valence-corrected chi connectivity index (χ1v) is 25.7. The molecule has 0 spiro atoms. The minimum absolute atomic E-state index is 0.0628. The van der Waals surface area contributed by atoms with Crippen molar-refractivity contribution < 1.29 is 19.5 Å². The Kier molecular flexibility index (Phi) is 13.3. The molecule has 358 valence electrons. The molecule has 0 aliphatic carbocycles. The van der Waals surface area contributed by atoms with Gasteiger partial charge in [0.15, 0.2) is 0 Å². The number of para-hydroxylation sites is 1. The van der Waals surface area contributed by atoms with Crippen molar-refractivity contribution in [3.05, 3.63) is 153 Å². The average Bonchev–Trinajstić information content (AvgIpc) is 4.26. The van der Waals surface area contributed by atoms with Crippen molar-refractivity contribution in [1.29, 1.82) is 0 Å². The Bertz CT molecular complexity index is 3790. The predicted molar refractivity (Wildman–Crippen MR) is 292 cm³/mol. The number of nitrogens with two attached hydrogens (primary N) is 1. The van der Waals surface area contributed by atoms with Gasteiger partial charge < -0.3 is 36.8 Å². The third-order valence-electron chi connectivity index (χ3n) is 13.1. The fourth-order valence-corrected chi connectivity index (χ4v) is 12.1. The Hall–Kier alpha value is -7.20. The molecule has 4 aromatic heterocycles. The summed E-state index contributed by atoms with van der Waals surface area (Å²) >= 11 is 9.22. The predicted octanol–water partition coefficient (Wildman–Crippen LogP) is 10.1. The molecule has 0 saturated carbocycles. The Balaban J connectivity index is 0.000000123. The van der Waals surface area contributed by atoms with E-state index in [2.05, 4.69) is 124 Å². The molecular weight excluding hydrogens is 948 g/mol. The highest BCUT2D eigenvalue weighted by atomic mass is 35.5. The molecule has 10 aromatic rings. The van der Waals surface area contributed by atoms with Gasteiger partial charge in [0, 0.05) is 104 Å². The number of rotatable bonds is 10. The quantitative estimate of drug-likeness (QED) is 0.0529. The van der Waals surface area contributed by atoms with E-state index >= 15 is 0 Å². The number of allylic oxidation sites excluding steroid dienone is 1. The van der Waals surface area contributed by atoms with Gasteiger partial charge >= 0.3 is 0 Å². The number of hydrogen-bond donors (Lipinski definition) is 7. The second-order valence-corrected chi connectivity index (χ2v) is 20.1. The Morgan fingerprint density at radius 3 is 1.75 bits per heavy atom. The van der Waals surface area contributed by atoms with Gasteiger partial charge in [-0.2, -0.15) is 0 Å². The summed E-state index contributed by atoms with van der Waals surface area (Å²) in [5.41, 5.74) is 17.7. The maximum absolute atomic E-state index is 12.4. The summed E-state index contributed by atoms with van der Waals surface area (Å²) in [7, 11) is 0. The first-order chi connectivity index (χ1) is 34.5. The summed E-state index contributed by atoms with van der Waals surface area (Å²) in [6.45, 7) is 10.0. The molecule has 2 aliphatic heterocycles. The van der Waals surface area contributed by atoms with Gasteiger partial charge in [-0.1, -0.05) is 54.6 Å². The number of aryl methyl sites for hydroxylation is 2. The van der Waals surface area contributed by atoms with Crippen LogP contribution in [-0.4, -0.2) is 71.5 Å². The number of thiophene rings is 2. The molecular formula is C56H51ClN8O4S2. The number of aromatic amines is 2. The van der Waals surface area contributed by atoms with Crippen LogP contribution in [0.15, 0.2) is 119 Å². The Morgan fingerprint density at radius 2 is 1.17 bits per heavy atom. The number of halogens is 1. The van der Waals surface area contributed by atoms with Crippen LogP contribution in [0, 0.1) is 20.8 Å². The van der Waals surface area contributed by atoms with E-state index in [0.29, 0.717) is 42.6 Å². The van der Waals surface area contributed by atoms with Crippen molar-refractivity contribution in [1.82, 2.24) is 25.9 Å². The summed E-state index contributed by atoms with van der Waals surface area (Å²) in [6, 6.07) is 35.1. The fraction of sp³-hybridized carbons (Fsp3) is 0.196. The van der Waals surface area contributed by atoms with E-state index < -0.39 is 0 Å². The fourth-order valence-electron chi connectivity index (χ4n) is 9.61. The summed E-state index contributed by atoms with van der Waals surface area (Å²) in [5.74, 6) is -0.0384. The lowest BCUT2D eigenvalue weighted by Crippen LogP contribution is -2.27. The number of aliphatic hydroxyl groups is 1. The molecule has 15 heteroatoms. The molecule has 3 amide bonds. The molecule has 0 bridgehead atoms. The summed E-state index contributed by atoms with van der Waals surface area (Å²) in [5, 5.41) is 26.2. The third-order valence-corrected chi connectivity index (χ3v) is 15.9. The van der Waals surface area contributed by atoms with E-state index in [0.717, 1.165) is 72.5 Å². The molecule has 0 fully saturated rings. The van der Waals surface area contributed by atoms with Gasteiger partial charge in [-0.15, -0.1) is 34.3 Å². The monoisotopic (exact) mass is 998 g/mol. The zero-order valence-corrected chi connectivity index (χ0v) is 42.0. The molecule has 6 heterocycles. The van der Waals surface area contributed by atoms with Crippen LogP contribution < -0.4 is 32.4 Å². The minimum Gasteiger partial charge on any atom is -0.395 e. The van der Waals surface area contributed by atoms with Crippen molar-refractivity contribution in [2.24, 2.45) is 15.7 Å². The lowest BCUT2D eigenvalue weighted by atomic mass is 9.96. The second kappa shape index (κ2) is 19.9. The molecule has 2 aliphatic rings. The highest BCUT2D eigenvalue weighted by molar-refractivity contribution is 7.26. The number of aromatic nitrogens is 2. The maximum Gasteiger partial charge on any atom is 0.270 e. The molecule has 12 nitrogen and oxygen atoms in total. The van der Waals surface area contributed by atoms with Crippen molar-refractivity contribution in [3.8, 4) is 11.1 Å². The van der Waals surface area contributed by atoms with Crippen LogP contribution in [0.2, 0.25) is 0 Å². The number of nitrogens with one attached hydrogen (secondary N) is 5. The number of nitrogens with zero attached hydrogens (tertiary/aromatic N) is 2. The number of amides is 3. The highest BCUT2D eigenvalue weighted by Crippen LogP contribution is 2.41. The maximum atomic E-state index is 12.4. The van der Waals surface area contributed by atoms with Crippen LogP contribution in [0.4, 0.5) is 5.69 Å². The molecule has 0 unspecified atom stereocenters. The largest absolute Gasteiger partial charge is 0.395 e. The van der Waals surface area contributed by atoms with Gasteiger partial charge in [-0.05, 0) is 111 Å². The van der Waals surface area contributed by atoms with E-state index in [1.54, 1.807) is 22.7 Å². The Labute approximate surface area is 421 Å². The minimum atomic E-state index is -0.192. The van der Waals surface area contributed by atoms with E-state index in [-0.39, 0.29) is 30.9 Å². The molecule has 12 rings (SSSR count). The molecule has 8 N–H and O–H groups in total. The molecule has 0 radical (unpaired) electrons. The number of carbonyl (C=O) groups excluding carboxylic acids is 3. The van der Waals surface area contributed by atoms with Crippen LogP contribution in [0.25, 0.3) is 78.9 Å². The zero-order chi connectivity index (χ0) is 49.5. The van der Waals surface area contributed by atoms with Crippen molar-refractivity contribution in [2.75, 3.05) is 38.7 Å². The van der Waals surface area contributed by atoms with Crippen LogP contribution in [0.5, 0.6) is 0 Å². The normalized spacial score (nSPS) is 12.3. The second-order valence-electron chi connectivity index (χ2n) is 17.6. The van der Waals surface area contributed by atoms with Gasteiger partial charge in [0.2, 0.25) is 0 Å². The topological polar surface area (TPSA) is 190 Å². The smallest absolute Gasteiger partial charge is 0.270 e. The van der Waals surface area contributed by atoms with Crippen LogP contribution in [0.1, 0.15) is 56.6 Å². The van der Waals surface area contributed by atoms with Crippen molar-refractivity contribution in [2.45, 2.75) is 34.1 Å². The molecule has 6 aromatic carbocycles. The van der Waals surface area contributed by atoms with Gasteiger partial charge in [0.1, 0.15) is 17.1 Å². The molecule has 0 atom stereocenters. The number of H-pyrrole nitrogens is 2. The number of aliphatic hydroxyl groups excluding tert-OH is 1. The van der Waals surface area contributed by atoms with E-state index in [1.165, 1.54) is 51.5 Å². The number of fused-ring (bicyclic) bond motifs is 12. The SMILES string of the molecule is CC1=C(C(=O)NCCCN)N=c2cc3c(c(C)c21)=Nc1ccccc1-3.Cc1c2cc(C(=O)NCCCl)[nH]c2cc2c1sc1ccccc12.Cc1c2cc(C(=O)NCCO)[nH]c2cc2c1sc1ccccc12. The highest BCUT2D eigenvalue weighted by Gasteiger charge is 2.26. The standard InChI is InChI=1S/C20H20N4O.C18H15ClN2OS.C18H16N2O2S/c1-11-17-12(2)19(20(25)22-9-5-8-21)24-16(17)10-14-13-6-3-4-7-15(13)23-18(11)14;1-10-12-8-15(18(22)20-7-6-19)21-14(12)9-13-11-4-2-3-5-16(11)23-17(10)13;1-10-12-8-15(18(22)19-6-7-21)20-14(12)9-13-11-4-2-3-5-16(11)23-17(10)13/h3-4,6-7,10H,5,8-9,21H2,1-2H3,(H,22,25);2-5,8-9,21H,6-7H2,1H3,(H,20,22);2-5,8-9,20-21H,6-7H2,1H3,(H,19,22). The van der Waals surface area contributed by atoms with Crippen LogP contribution >= 0.6 is 34.3 Å². The van der Waals surface area contributed by atoms with Gasteiger partial charge in [-0.25, -0.2) is 9.98 Å². The number of carbonyl (C=O) groups is 3. The molecule has 71 heavy (non-hydrogen) atoms. The van der Waals surface area contributed by atoms with Crippen LogP contribution in [-0.2, 0) is 4.79 Å². The summed E-state index contributed by atoms with van der Waals surface area (Å²) in [4.78, 5) is 52.5. The van der Waals surface area contributed by atoms with Crippen LogP contribution in [0.3, 0.4) is 0 Å². The lowest BCUT2D eigenvalue weighted by molar-refractivity contribution is -0.117. The Morgan fingerprint density at radius 1 is 0.620 bits per heavy atom. The summed E-state index contributed by atoms with van der Waals surface area (Å²) in [6.07, 6.45) is 0.758.